The summed E-state index contributed by atoms with van der Waals surface area (Å²) in [5.74, 6) is -3.72. The van der Waals surface area contributed by atoms with E-state index < -0.39 is 46.4 Å². The number of nitrogens with one attached hydrogen (secondary N) is 1. The van der Waals surface area contributed by atoms with E-state index in [0.29, 0.717) is 6.42 Å². The summed E-state index contributed by atoms with van der Waals surface area (Å²) in [6.45, 7) is 1.37. The van der Waals surface area contributed by atoms with Crippen LogP contribution in [0.2, 0.25) is 0 Å². The maximum atomic E-state index is 12.1. The second-order valence-corrected chi connectivity index (χ2v) is 9.80. The number of aliphatic carboxylic acids is 1. The molecule has 0 bridgehead atoms. The molecule has 0 aromatic rings. The molecule has 0 rings (SSSR count). The number of aliphatic hydroxyl groups is 1. The summed E-state index contributed by atoms with van der Waals surface area (Å²) < 4.78 is 38.0. The van der Waals surface area contributed by atoms with Gasteiger partial charge in [-0.3, -0.25) is 9.59 Å². The van der Waals surface area contributed by atoms with Gasteiger partial charge in [0.15, 0.2) is 5.25 Å². The van der Waals surface area contributed by atoms with Crippen LogP contribution in [0.15, 0.2) is 0 Å². The number of hydrogen-bond acceptors (Lipinski definition) is 9. The first-order chi connectivity index (χ1) is 15.6. The number of carbonyl (C=O) groups is 3. The van der Waals surface area contributed by atoms with Crippen molar-refractivity contribution < 1.29 is 101 Å². The summed E-state index contributed by atoms with van der Waals surface area (Å²) in [6.07, 6.45) is 11.6. The van der Waals surface area contributed by atoms with Crippen LogP contribution in [0.5, 0.6) is 0 Å². The molecular weight excluding hydrogens is 500 g/mol. The predicted molar refractivity (Wildman–Crippen MR) is 119 cm³/mol. The molecule has 1 amide bonds. The molecule has 0 aliphatic heterocycles. The van der Waals surface area contributed by atoms with Gasteiger partial charge in [0.1, 0.15) is 16.7 Å². The standard InChI is InChI=1S/C22H41NO9S.2Na/c1-2-3-4-5-6-7-8-9-10-11-12-13-20(25)23-18(14-15-24)17-32-22(28)19(16-21(26)27)33(29,30)31;;/h18-19,24H,2-17H2,1H3,(H,23,25)(H,26,27)(H,29,30,31);;/q;2*+1/p-2. The van der Waals surface area contributed by atoms with Crippen LogP contribution >= 0.6 is 0 Å². The van der Waals surface area contributed by atoms with E-state index in [2.05, 4.69) is 12.2 Å². The van der Waals surface area contributed by atoms with Gasteiger partial charge in [0, 0.05) is 25.4 Å². The summed E-state index contributed by atoms with van der Waals surface area (Å²) in [4.78, 5) is 34.5. The van der Waals surface area contributed by atoms with Gasteiger partial charge in [-0.25, -0.2) is 8.42 Å². The molecule has 0 aliphatic carbocycles. The average molecular weight is 540 g/mol. The van der Waals surface area contributed by atoms with Gasteiger partial charge >= 0.3 is 65.1 Å². The number of esters is 1. The Balaban J connectivity index is -0.00000512. The van der Waals surface area contributed by atoms with Gasteiger partial charge in [-0.1, -0.05) is 71.1 Å². The fourth-order valence-corrected chi connectivity index (χ4v) is 3.98. The van der Waals surface area contributed by atoms with E-state index in [-0.39, 0.29) is 84.5 Å². The second kappa shape index (κ2) is 24.6. The first kappa shape index (κ1) is 39.8. The van der Waals surface area contributed by atoms with Crippen LogP contribution in [0.4, 0.5) is 0 Å². The van der Waals surface area contributed by atoms with Crippen molar-refractivity contribution in [2.24, 2.45) is 0 Å². The molecule has 0 fully saturated rings. The molecule has 13 heteroatoms. The molecule has 194 valence electrons. The van der Waals surface area contributed by atoms with E-state index in [1.807, 2.05) is 0 Å². The van der Waals surface area contributed by atoms with Crippen molar-refractivity contribution in [1.29, 1.82) is 0 Å². The van der Waals surface area contributed by atoms with Crippen molar-refractivity contribution in [3.05, 3.63) is 0 Å². The Morgan fingerprint density at radius 1 is 0.914 bits per heavy atom. The molecule has 2 atom stereocenters. The molecule has 2 unspecified atom stereocenters. The molecule has 0 radical (unpaired) electrons. The molecular formula is C22H39NNa2O9S. The number of carboxylic acids is 1. The van der Waals surface area contributed by atoms with Gasteiger partial charge in [0.25, 0.3) is 0 Å². The van der Waals surface area contributed by atoms with E-state index in [1.165, 1.54) is 44.9 Å². The molecule has 0 saturated carbocycles. The number of carbonyl (C=O) groups excluding carboxylic acids is 3. The number of ether oxygens (including phenoxy) is 1. The zero-order valence-corrected chi connectivity index (χ0v) is 26.4. The molecule has 10 nitrogen and oxygen atoms in total. The summed E-state index contributed by atoms with van der Waals surface area (Å²) in [5.41, 5.74) is 0. The van der Waals surface area contributed by atoms with Crippen molar-refractivity contribution in [3.8, 4) is 0 Å². The topological polar surface area (TPSA) is 173 Å². The number of hydrogen-bond donors (Lipinski definition) is 2. The normalized spacial score (nSPS) is 12.5. The van der Waals surface area contributed by atoms with Gasteiger partial charge < -0.3 is 29.6 Å². The van der Waals surface area contributed by atoms with Gasteiger partial charge in [0.05, 0.1) is 6.04 Å². The van der Waals surface area contributed by atoms with Crippen LogP contribution in [0.1, 0.15) is 96.8 Å². The monoisotopic (exact) mass is 539 g/mol. The van der Waals surface area contributed by atoms with Gasteiger partial charge in [-0.2, -0.15) is 0 Å². The maximum Gasteiger partial charge on any atom is 1.00 e. The van der Waals surface area contributed by atoms with Gasteiger partial charge in [-0.15, -0.1) is 0 Å². The van der Waals surface area contributed by atoms with E-state index in [1.54, 1.807) is 0 Å². The summed E-state index contributed by atoms with van der Waals surface area (Å²) in [5, 5.41) is 19.9. The van der Waals surface area contributed by atoms with Crippen LogP contribution in [-0.4, -0.2) is 60.4 Å². The number of rotatable bonds is 21. The fourth-order valence-electron chi connectivity index (χ4n) is 3.33. The van der Waals surface area contributed by atoms with Crippen molar-refractivity contribution in [3.63, 3.8) is 0 Å². The molecule has 0 spiro atoms. The van der Waals surface area contributed by atoms with E-state index in [0.717, 1.165) is 19.3 Å². The van der Waals surface area contributed by atoms with E-state index >= 15 is 0 Å². The van der Waals surface area contributed by atoms with Crippen LogP contribution in [0, 0.1) is 0 Å². The zero-order valence-electron chi connectivity index (χ0n) is 21.6. The molecule has 35 heavy (non-hydrogen) atoms. The van der Waals surface area contributed by atoms with Gasteiger partial charge in [0.2, 0.25) is 5.91 Å². The number of unbranched alkanes of at least 4 members (excludes halogenated alkanes) is 10. The molecule has 0 aromatic carbocycles. The Hall–Kier alpha value is 0.280. The smallest absolute Gasteiger partial charge is 0.747 e. The quantitative estimate of drug-likeness (QED) is 0.0628. The average Bonchev–Trinajstić information content (AvgIpc) is 2.73. The third-order valence-corrected chi connectivity index (χ3v) is 6.30. The minimum atomic E-state index is -5.25. The Labute approximate surface area is 254 Å². The van der Waals surface area contributed by atoms with E-state index in [4.69, 9.17) is 9.84 Å². The minimum absolute atomic E-state index is 0. The second-order valence-electron chi connectivity index (χ2n) is 8.25. The minimum Gasteiger partial charge on any atom is -0.747 e. The largest absolute Gasteiger partial charge is 1.00 e. The van der Waals surface area contributed by atoms with Crippen molar-refractivity contribution in [1.82, 2.24) is 5.32 Å². The van der Waals surface area contributed by atoms with Crippen LogP contribution in [0.3, 0.4) is 0 Å². The van der Waals surface area contributed by atoms with Gasteiger partial charge in [-0.05, 0) is 12.8 Å². The number of amides is 1. The first-order valence-electron chi connectivity index (χ1n) is 11.8. The number of aliphatic hydroxyl groups excluding tert-OH is 1. The van der Waals surface area contributed by atoms with E-state index in [9.17, 15) is 32.5 Å². The Morgan fingerprint density at radius 3 is 1.83 bits per heavy atom. The van der Waals surface area contributed by atoms with Crippen molar-refractivity contribution in [2.75, 3.05) is 13.2 Å². The fraction of sp³-hybridized carbons (Fsp3) is 0.864. The number of carboxylic acid groups (broad SMARTS) is 1. The Kier molecular flexibility index (Phi) is 28.0. The third-order valence-electron chi connectivity index (χ3n) is 5.24. The zero-order chi connectivity index (χ0) is 25.1. The summed E-state index contributed by atoms with van der Waals surface area (Å²) in [6, 6.07) is -0.794. The molecule has 0 heterocycles. The molecule has 0 aromatic heterocycles. The maximum absolute atomic E-state index is 12.1. The third kappa shape index (κ3) is 23.2. The Morgan fingerprint density at radius 2 is 1.40 bits per heavy atom. The van der Waals surface area contributed by atoms with Crippen LogP contribution in [-0.2, 0) is 29.2 Å². The van der Waals surface area contributed by atoms with Crippen LogP contribution < -0.4 is 69.5 Å². The first-order valence-corrected chi connectivity index (χ1v) is 13.3. The van der Waals surface area contributed by atoms with Crippen molar-refractivity contribution >= 4 is 28.0 Å². The Bertz CT molecular complexity index is 678. The molecule has 0 aliphatic rings. The summed E-state index contributed by atoms with van der Waals surface area (Å²) in [7, 11) is -5.25. The van der Waals surface area contributed by atoms with Crippen molar-refractivity contribution in [2.45, 2.75) is 108 Å². The molecule has 2 N–H and O–H groups in total. The van der Waals surface area contributed by atoms with Crippen LogP contribution in [0.25, 0.3) is 0 Å². The predicted octanol–water partition coefficient (Wildman–Crippen LogP) is -4.84. The SMILES string of the molecule is CCCCCCCCCCCCCC(=O)NC(CCO)COC(=O)C(CC(=O)[O-])S(=O)(=O)[O-].[Na+].[Na+]. The molecule has 0 saturated heterocycles. The summed E-state index contributed by atoms with van der Waals surface area (Å²) >= 11 is 0.